The molecule has 0 aliphatic carbocycles. The van der Waals surface area contributed by atoms with Gasteiger partial charge >= 0.3 is 0 Å². The predicted octanol–water partition coefficient (Wildman–Crippen LogP) is 1.19. The van der Waals surface area contributed by atoms with Gasteiger partial charge in [0.15, 0.2) is 0 Å². The fraction of sp³-hybridized carbons (Fsp3) is 0.643. The number of nitrogens with zero attached hydrogens (tertiary/aromatic N) is 3. The molecule has 1 aliphatic rings. The van der Waals surface area contributed by atoms with Gasteiger partial charge in [0.1, 0.15) is 5.82 Å². The van der Waals surface area contributed by atoms with Crippen molar-refractivity contribution in [2.24, 2.45) is 11.7 Å². The minimum atomic E-state index is 0.645. The Morgan fingerprint density at radius 1 is 1.28 bits per heavy atom. The number of pyridine rings is 1. The van der Waals surface area contributed by atoms with Crippen LogP contribution in [0.25, 0.3) is 0 Å². The third-order valence-corrected chi connectivity index (χ3v) is 3.77. The molecule has 0 spiro atoms. The molecule has 2 N–H and O–H groups in total. The molecule has 1 unspecified atom stereocenters. The molecule has 1 aliphatic heterocycles. The highest BCUT2D eigenvalue weighted by Crippen LogP contribution is 2.13. The van der Waals surface area contributed by atoms with Crippen molar-refractivity contribution in [3.05, 3.63) is 24.4 Å². The van der Waals surface area contributed by atoms with E-state index in [0.29, 0.717) is 5.92 Å². The Balaban J connectivity index is 1.81. The molecule has 4 nitrogen and oxygen atoms in total. The molecule has 0 radical (unpaired) electrons. The molecular formula is C14H24N4. The SMILES string of the molecule is CCC(CN)CN1CCN(c2ccccn2)CC1. The molecule has 1 saturated heterocycles. The normalized spacial score (nSPS) is 18.9. The van der Waals surface area contributed by atoms with Crippen molar-refractivity contribution in [3.63, 3.8) is 0 Å². The largest absolute Gasteiger partial charge is 0.354 e. The van der Waals surface area contributed by atoms with E-state index in [1.54, 1.807) is 0 Å². The number of anilines is 1. The number of aromatic nitrogens is 1. The first-order valence-corrected chi connectivity index (χ1v) is 6.92. The molecule has 2 rings (SSSR count). The summed E-state index contributed by atoms with van der Waals surface area (Å²) in [4.78, 5) is 9.30. The van der Waals surface area contributed by atoms with E-state index in [0.717, 1.165) is 45.1 Å². The van der Waals surface area contributed by atoms with Gasteiger partial charge in [-0.05, 0) is 24.6 Å². The maximum Gasteiger partial charge on any atom is 0.128 e. The van der Waals surface area contributed by atoms with Crippen LogP contribution in [0.3, 0.4) is 0 Å². The summed E-state index contributed by atoms with van der Waals surface area (Å²) in [5, 5.41) is 0. The Morgan fingerprint density at radius 3 is 2.61 bits per heavy atom. The van der Waals surface area contributed by atoms with Crippen LogP contribution in [0.1, 0.15) is 13.3 Å². The smallest absolute Gasteiger partial charge is 0.128 e. The zero-order valence-electron chi connectivity index (χ0n) is 11.3. The molecule has 2 heterocycles. The van der Waals surface area contributed by atoms with Crippen LogP contribution in [0.4, 0.5) is 5.82 Å². The minimum Gasteiger partial charge on any atom is -0.354 e. The van der Waals surface area contributed by atoms with Crippen molar-refractivity contribution in [2.45, 2.75) is 13.3 Å². The van der Waals surface area contributed by atoms with E-state index in [1.165, 1.54) is 6.42 Å². The Hall–Kier alpha value is -1.13. The average molecular weight is 248 g/mol. The molecule has 100 valence electrons. The van der Waals surface area contributed by atoms with E-state index in [1.807, 2.05) is 12.3 Å². The maximum atomic E-state index is 5.77. The van der Waals surface area contributed by atoms with Gasteiger partial charge in [-0.15, -0.1) is 0 Å². The number of hydrogen-bond acceptors (Lipinski definition) is 4. The van der Waals surface area contributed by atoms with Crippen molar-refractivity contribution in [1.82, 2.24) is 9.88 Å². The summed E-state index contributed by atoms with van der Waals surface area (Å²) in [5.41, 5.74) is 5.77. The Bertz CT molecular complexity index is 329. The van der Waals surface area contributed by atoms with E-state index in [9.17, 15) is 0 Å². The van der Waals surface area contributed by atoms with Crippen molar-refractivity contribution in [2.75, 3.05) is 44.2 Å². The van der Waals surface area contributed by atoms with Gasteiger partial charge in [-0.2, -0.15) is 0 Å². The number of nitrogens with two attached hydrogens (primary N) is 1. The van der Waals surface area contributed by atoms with Crippen LogP contribution in [-0.4, -0.2) is 49.2 Å². The summed E-state index contributed by atoms with van der Waals surface area (Å²) in [6.07, 6.45) is 3.04. The molecule has 4 heteroatoms. The fourth-order valence-corrected chi connectivity index (χ4v) is 2.44. The highest BCUT2D eigenvalue weighted by molar-refractivity contribution is 5.38. The summed E-state index contributed by atoms with van der Waals surface area (Å²) < 4.78 is 0. The first-order chi connectivity index (χ1) is 8.83. The van der Waals surface area contributed by atoms with Crippen LogP contribution >= 0.6 is 0 Å². The molecule has 0 saturated carbocycles. The Labute approximate surface area is 110 Å². The average Bonchev–Trinajstić information content (AvgIpc) is 2.46. The molecule has 1 aromatic heterocycles. The van der Waals surface area contributed by atoms with Gasteiger partial charge in [0, 0.05) is 38.9 Å². The van der Waals surface area contributed by atoms with Crippen LogP contribution in [0.15, 0.2) is 24.4 Å². The van der Waals surface area contributed by atoms with E-state index < -0.39 is 0 Å². The summed E-state index contributed by atoms with van der Waals surface area (Å²) in [7, 11) is 0. The van der Waals surface area contributed by atoms with Gasteiger partial charge in [-0.1, -0.05) is 19.4 Å². The summed E-state index contributed by atoms with van der Waals surface area (Å²) in [6, 6.07) is 6.10. The highest BCUT2D eigenvalue weighted by Gasteiger charge is 2.19. The summed E-state index contributed by atoms with van der Waals surface area (Å²) >= 11 is 0. The number of hydrogen-bond donors (Lipinski definition) is 1. The maximum absolute atomic E-state index is 5.77. The summed E-state index contributed by atoms with van der Waals surface area (Å²) in [5.74, 6) is 1.74. The van der Waals surface area contributed by atoms with Gasteiger partial charge in [0.05, 0.1) is 0 Å². The zero-order valence-corrected chi connectivity index (χ0v) is 11.3. The molecule has 18 heavy (non-hydrogen) atoms. The zero-order chi connectivity index (χ0) is 12.8. The summed E-state index contributed by atoms with van der Waals surface area (Å²) in [6.45, 7) is 8.54. The van der Waals surface area contributed by atoms with Gasteiger partial charge < -0.3 is 10.6 Å². The lowest BCUT2D eigenvalue weighted by molar-refractivity contribution is 0.217. The third-order valence-electron chi connectivity index (χ3n) is 3.77. The van der Waals surface area contributed by atoms with E-state index in [-0.39, 0.29) is 0 Å². The molecule has 0 amide bonds. The van der Waals surface area contributed by atoms with Gasteiger partial charge in [-0.25, -0.2) is 4.98 Å². The van der Waals surface area contributed by atoms with Gasteiger partial charge in [0.25, 0.3) is 0 Å². The Morgan fingerprint density at radius 2 is 2.06 bits per heavy atom. The van der Waals surface area contributed by atoms with E-state index in [4.69, 9.17) is 5.73 Å². The highest BCUT2D eigenvalue weighted by atomic mass is 15.3. The molecule has 1 atom stereocenters. The van der Waals surface area contributed by atoms with Crippen LogP contribution in [0.2, 0.25) is 0 Å². The van der Waals surface area contributed by atoms with Crippen LogP contribution in [-0.2, 0) is 0 Å². The molecule has 1 fully saturated rings. The van der Waals surface area contributed by atoms with Crippen molar-refractivity contribution < 1.29 is 0 Å². The topological polar surface area (TPSA) is 45.4 Å². The molecular weight excluding hydrogens is 224 g/mol. The third kappa shape index (κ3) is 3.43. The number of piperazine rings is 1. The van der Waals surface area contributed by atoms with Crippen molar-refractivity contribution in [1.29, 1.82) is 0 Å². The first kappa shape index (κ1) is 13.3. The van der Waals surface area contributed by atoms with Gasteiger partial charge in [0.2, 0.25) is 0 Å². The van der Waals surface area contributed by atoms with Crippen LogP contribution in [0.5, 0.6) is 0 Å². The number of rotatable bonds is 5. The van der Waals surface area contributed by atoms with Crippen molar-refractivity contribution in [3.8, 4) is 0 Å². The predicted molar refractivity (Wildman–Crippen MR) is 75.7 cm³/mol. The second-order valence-electron chi connectivity index (χ2n) is 4.99. The second-order valence-corrected chi connectivity index (χ2v) is 4.99. The lowest BCUT2D eigenvalue weighted by Crippen LogP contribution is -2.48. The quantitative estimate of drug-likeness (QED) is 0.850. The molecule has 1 aromatic rings. The monoisotopic (exact) mass is 248 g/mol. The fourth-order valence-electron chi connectivity index (χ4n) is 2.44. The van der Waals surface area contributed by atoms with Crippen LogP contribution < -0.4 is 10.6 Å². The van der Waals surface area contributed by atoms with E-state index >= 15 is 0 Å². The lowest BCUT2D eigenvalue weighted by atomic mass is 10.1. The lowest BCUT2D eigenvalue weighted by Gasteiger charge is -2.36. The van der Waals surface area contributed by atoms with Crippen molar-refractivity contribution >= 4 is 5.82 Å². The second kappa shape index (κ2) is 6.71. The first-order valence-electron chi connectivity index (χ1n) is 6.92. The minimum absolute atomic E-state index is 0.645. The molecule has 0 aromatic carbocycles. The van der Waals surface area contributed by atoms with Crippen LogP contribution in [0, 0.1) is 5.92 Å². The standard InChI is InChI=1S/C14H24N4/c1-2-13(11-15)12-17-7-9-18(10-8-17)14-5-3-4-6-16-14/h3-6,13H,2,7-12,15H2,1H3. The van der Waals surface area contributed by atoms with Gasteiger partial charge in [-0.3, -0.25) is 4.90 Å². The Kier molecular flexibility index (Phi) is 4.96. The molecule has 0 bridgehead atoms. The van der Waals surface area contributed by atoms with E-state index in [2.05, 4.69) is 33.8 Å².